The molecule has 0 aliphatic carbocycles. The largest absolute Gasteiger partial charge is 0.390 e. The van der Waals surface area contributed by atoms with Gasteiger partial charge in [0.1, 0.15) is 5.01 Å². The first kappa shape index (κ1) is 9.64. The first-order chi connectivity index (χ1) is 5.77. The summed E-state index contributed by atoms with van der Waals surface area (Å²) in [6.45, 7) is 5.12. The zero-order chi connectivity index (χ0) is 8.97. The molecule has 0 saturated heterocycles. The van der Waals surface area contributed by atoms with Gasteiger partial charge in [-0.3, -0.25) is 0 Å². The van der Waals surface area contributed by atoms with Gasteiger partial charge in [-0.25, -0.2) is 4.98 Å². The van der Waals surface area contributed by atoms with Crippen LogP contribution in [0.4, 0.5) is 0 Å². The van der Waals surface area contributed by atoms with Gasteiger partial charge in [0.2, 0.25) is 0 Å². The average molecular weight is 186 g/mol. The number of aromatic nitrogens is 1. The fourth-order valence-electron chi connectivity index (χ4n) is 0.988. The van der Waals surface area contributed by atoms with E-state index in [-0.39, 0.29) is 6.61 Å². The van der Waals surface area contributed by atoms with E-state index in [1.54, 1.807) is 11.3 Å². The fourth-order valence-corrected chi connectivity index (χ4v) is 1.83. The summed E-state index contributed by atoms with van der Waals surface area (Å²) in [4.78, 5) is 4.25. The second kappa shape index (κ2) is 4.54. The third kappa shape index (κ3) is 2.27. The highest BCUT2D eigenvalue weighted by Gasteiger charge is 2.07. The maximum Gasteiger partial charge on any atom is 0.110 e. The van der Waals surface area contributed by atoms with Crippen LogP contribution >= 0.6 is 11.3 Å². The number of aliphatic hydroxyl groups excluding tert-OH is 1. The number of hydrogen-bond donors (Lipinski definition) is 2. The topological polar surface area (TPSA) is 45.2 Å². The zero-order valence-electron chi connectivity index (χ0n) is 7.37. The molecule has 0 fully saturated rings. The van der Waals surface area contributed by atoms with Crippen molar-refractivity contribution in [3.8, 4) is 0 Å². The van der Waals surface area contributed by atoms with Gasteiger partial charge in [-0.1, -0.05) is 6.92 Å². The highest BCUT2D eigenvalue weighted by atomic mass is 32.1. The van der Waals surface area contributed by atoms with Gasteiger partial charge < -0.3 is 10.4 Å². The molecule has 12 heavy (non-hydrogen) atoms. The van der Waals surface area contributed by atoms with E-state index in [2.05, 4.69) is 24.1 Å². The molecule has 0 saturated carbocycles. The van der Waals surface area contributed by atoms with Crippen molar-refractivity contribution < 1.29 is 5.11 Å². The summed E-state index contributed by atoms with van der Waals surface area (Å²) in [5.74, 6) is 0. The Bertz CT molecular complexity index is 237. The molecule has 1 aromatic rings. The summed E-state index contributed by atoms with van der Waals surface area (Å²) in [7, 11) is 0. The number of rotatable bonds is 4. The van der Waals surface area contributed by atoms with Gasteiger partial charge >= 0.3 is 0 Å². The van der Waals surface area contributed by atoms with Gasteiger partial charge in [0.25, 0.3) is 0 Å². The lowest BCUT2D eigenvalue weighted by atomic mass is 10.3. The van der Waals surface area contributed by atoms with Gasteiger partial charge in [-0.05, 0) is 13.5 Å². The van der Waals surface area contributed by atoms with Gasteiger partial charge in [0.15, 0.2) is 0 Å². The normalized spacial score (nSPS) is 13.2. The molecule has 1 atom stereocenters. The quantitative estimate of drug-likeness (QED) is 0.745. The van der Waals surface area contributed by atoms with Crippen molar-refractivity contribution in [1.29, 1.82) is 0 Å². The van der Waals surface area contributed by atoms with Crippen LogP contribution in [0.5, 0.6) is 0 Å². The number of thiazole rings is 1. The molecule has 0 bridgehead atoms. The van der Waals surface area contributed by atoms with Gasteiger partial charge in [-0.2, -0.15) is 0 Å². The van der Waals surface area contributed by atoms with Gasteiger partial charge in [0, 0.05) is 5.38 Å². The molecule has 0 spiro atoms. The van der Waals surface area contributed by atoms with Crippen molar-refractivity contribution in [1.82, 2.24) is 10.3 Å². The van der Waals surface area contributed by atoms with Crippen LogP contribution < -0.4 is 5.32 Å². The van der Waals surface area contributed by atoms with Crippen LogP contribution in [0.25, 0.3) is 0 Å². The van der Waals surface area contributed by atoms with E-state index in [9.17, 15) is 0 Å². The molecule has 0 aromatic carbocycles. The van der Waals surface area contributed by atoms with Crippen molar-refractivity contribution in [2.45, 2.75) is 26.5 Å². The Morgan fingerprint density at radius 3 is 3.00 bits per heavy atom. The standard InChI is InChI=1S/C8H14N2OS/c1-3-9-6(2)8-10-7(4-11)5-12-8/h5-6,9,11H,3-4H2,1-2H3. The smallest absolute Gasteiger partial charge is 0.110 e. The zero-order valence-corrected chi connectivity index (χ0v) is 8.19. The van der Waals surface area contributed by atoms with Crippen LogP contribution in [-0.2, 0) is 6.61 Å². The van der Waals surface area contributed by atoms with Crippen LogP contribution in [-0.4, -0.2) is 16.6 Å². The number of hydrogen-bond acceptors (Lipinski definition) is 4. The maximum atomic E-state index is 8.79. The predicted octanol–water partition coefficient (Wildman–Crippen LogP) is 1.31. The van der Waals surface area contributed by atoms with E-state index in [4.69, 9.17) is 5.11 Å². The Kier molecular flexibility index (Phi) is 3.65. The van der Waals surface area contributed by atoms with Gasteiger partial charge in [-0.15, -0.1) is 11.3 Å². The lowest BCUT2D eigenvalue weighted by molar-refractivity contribution is 0.277. The maximum absolute atomic E-state index is 8.79. The third-order valence-electron chi connectivity index (χ3n) is 1.61. The molecule has 4 heteroatoms. The molecule has 1 rings (SSSR count). The van der Waals surface area contributed by atoms with E-state index in [0.717, 1.165) is 17.2 Å². The lowest BCUT2D eigenvalue weighted by Crippen LogP contribution is -2.17. The minimum absolute atomic E-state index is 0.0370. The molecule has 68 valence electrons. The van der Waals surface area contributed by atoms with Crippen molar-refractivity contribution in [2.24, 2.45) is 0 Å². The predicted molar refractivity (Wildman–Crippen MR) is 50.1 cm³/mol. The Hall–Kier alpha value is -0.450. The monoisotopic (exact) mass is 186 g/mol. The van der Waals surface area contributed by atoms with Crippen LogP contribution in [0, 0.1) is 0 Å². The Morgan fingerprint density at radius 1 is 1.75 bits per heavy atom. The van der Waals surface area contributed by atoms with Crippen molar-refractivity contribution >= 4 is 11.3 Å². The molecule has 0 amide bonds. The van der Waals surface area contributed by atoms with E-state index >= 15 is 0 Å². The van der Waals surface area contributed by atoms with Crippen molar-refractivity contribution in [2.75, 3.05) is 6.54 Å². The van der Waals surface area contributed by atoms with Crippen LogP contribution in [0.15, 0.2) is 5.38 Å². The van der Waals surface area contributed by atoms with Crippen molar-refractivity contribution in [3.63, 3.8) is 0 Å². The molecule has 0 aliphatic heterocycles. The first-order valence-corrected chi connectivity index (χ1v) is 4.94. The van der Waals surface area contributed by atoms with E-state index in [1.165, 1.54) is 0 Å². The lowest BCUT2D eigenvalue weighted by Gasteiger charge is -2.07. The number of nitrogens with one attached hydrogen (secondary N) is 1. The fraction of sp³-hybridized carbons (Fsp3) is 0.625. The Labute approximate surface area is 76.5 Å². The second-order valence-electron chi connectivity index (χ2n) is 2.61. The molecular formula is C8H14N2OS. The van der Waals surface area contributed by atoms with Gasteiger partial charge in [0.05, 0.1) is 18.3 Å². The summed E-state index contributed by atoms with van der Waals surface area (Å²) >= 11 is 1.59. The molecule has 1 heterocycles. The number of nitrogens with zero attached hydrogens (tertiary/aromatic N) is 1. The average Bonchev–Trinajstić information content (AvgIpc) is 2.52. The summed E-state index contributed by atoms with van der Waals surface area (Å²) < 4.78 is 0. The Balaban J connectivity index is 2.61. The van der Waals surface area contributed by atoms with Crippen LogP contribution in [0.1, 0.15) is 30.6 Å². The molecule has 2 N–H and O–H groups in total. The molecular weight excluding hydrogens is 172 g/mol. The Morgan fingerprint density at radius 2 is 2.50 bits per heavy atom. The minimum atomic E-state index is 0.0370. The highest BCUT2D eigenvalue weighted by molar-refractivity contribution is 7.09. The van der Waals surface area contributed by atoms with Crippen LogP contribution in [0.3, 0.4) is 0 Å². The summed E-state index contributed by atoms with van der Waals surface area (Å²) in [6.07, 6.45) is 0. The molecule has 0 radical (unpaired) electrons. The highest BCUT2D eigenvalue weighted by Crippen LogP contribution is 2.17. The molecule has 0 aliphatic rings. The summed E-state index contributed by atoms with van der Waals surface area (Å²) in [5, 5.41) is 15.0. The molecule has 1 unspecified atom stereocenters. The summed E-state index contributed by atoms with van der Waals surface area (Å²) in [6, 6.07) is 0.292. The van der Waals surface area contributed by atoms with E-state index in [1.807, 2.05) is 5.38 Å². The second-order valence-corrected chi connectivity index (χ2v) is 3.50. The van der Waals surface area contributed by atoms with Crippen LogP contribution in [0.2, 0.25) is 0 Å². The molecule has 1 aromatic heterocycles. The third-order valence-corrected chi connectivity index (χ3v) is 2.69. The first-order valence-electron chi connectivity index (χ1n) is 4.06. The summed E-state index contributed by atoms with van der Waals surface area (Å²) in [5.41, 5.74) is 0.764. The van der Waals surface area contributed by atoms with E-state index < -0.39 is 0 Å². The minimum Gasteiger partial charge on any atom is -0.390 e. The SMILES string of the molecule is CCNC(C)c1nc(CO)cs1. The number of aliphatic hydroxyl groups is 1. The van der Waals surface area contributed by atoms with Crippen molar-refractivity contribution in [3.05, 3.63) is 16.1 Å². The molecule has 3 nitrogen and oxygen atoms in total. The van der Waals surface area contributed by atoms with E-state index in [0.29, 0.717) is 6.04 Å².